The van der Waals surface area contributed by atoms with Gasteiger partial charge in [-0.2, -0.15) is 0 Å². The quantitative estimate of drug-likeness (QED) is 0.176. The van der Waals surface area contributed by atoms with Gasteiger partial charge in [0.05, 0.1) is 16.3 Å². The Kier molecular flexibility index (Phi) is 6.68. The Morgan fingerprint density at radius 1 is 0.892 bits per heavy atom. The molecule has 37 heavy (non-hydrogen) atoms. The number of hydrogen-bond acceptors (Lipinski definition) is 8. The first-order valence-corrected chi connectivity index (χ1v) is 13.7. The number of nitrogens with one attached hydrogen (secondary N) is 3. The molecule has 3 N–H and O–H groups in total. The second-order valence-electron chi connectivity index (χ2n) is 8.38. The minimum Gasteiger partial charge on any atom is -0.362 e. The Balaban J connectivity index is 1.22. The number of carbonyl (C=O) groups excluding carboxylic acids is 1. The summed E-state index contributed by atoms with van der Waals surface area (Å²) in [4.78, 5) is 23.2. The van der Waals surface area contributed by atoms with Gasteiger partial charge in [0.25, 0.3) is 10.0 Å². The lowest BCUT2D eigenvalue weighted by Crippen LogP contribution is -2.15. The van der Waals surface area contributed by atoms with Crippen molar-refractivity contribution in [3.05, 3.63) is 102 Å². The molecule has 0 unspecified atom stereocenters. The Bertz CT molecular complexity index is 1610. The standard InChI is InChI=1S/C27H23N5O3S2/c1-17-15-18(2)30-27(29-17)32-37(34,35)21-10-8-20(9-11-21)28-14-13-24(33)19-7-12-26-23(16-19)31-22-5-3-4-6-25(22)36-26/h3-16,28,31H,1-2H3,(H,29,30,32)/b14-13-. The van der Waals surface area contributed by atoms with Crippen molar-refractivity contribution < 1.29 is 13.2 Å². The van der Waals surface area contributed by atoms with Crippen molar-refractivity contribution >= 4 is 50.6 Å². The van der Waals surface area contributed by atoms with Crippen molar-refractivity contribution in [1.29, 1.82) is 0 Å². The summed E-state index contributed by atoms with van der Waals surface area (Å²) in [5, 5.41) is 6.38. The fourth-order valence-corrected chi connectivity index (χ4v) is 5.70. The number of anilines is 4. The van der Waals surface area contributed by atoms with Crippen LogP contribution in [0.5, 0.6) is 0 Å². The molecule has 3 aromatic carbocycles. The van der Waals surface area contributed by atoms with Crippen LogP contribution in [0.2, 0.25) is 0 Å². The number of allylic oxidation sites excluding steroid dienone is 1. The monoisotopic (exact) mass is 529 g/mol. The number of aromatic nitrogens is 2. The van der Waals surface area contributed by atoms with Crippen LogP contribution in [0, 0.1) is 13.8 Å². The van der Waals surface area contributed by atoms with Crippen molar-refractivity contribution in [2.45, 2.75) is 28.5 Å². The highest BCUT2D eigenvalue weighted by Crippen LogP contribution is 2.44. The molecular weight excluding hydrogens is 506 g/mol. The molecule has 5 rings (SSSR count). The van der Waals surface area contributed by atoms with Crippen LogP contribution in [-0.2, 0) is 10.0 Å². The van der Waals surface area contributed by atoms with E-state index in [-0.39, 0.29) is 16.6 Å². The van der Waals surface area contributed by atoms with Gasteiger partial charge in [-0.15, -0.1) is 0 Å². The molecule has 1 aromatic heterocycles. The summed E-state index contributed by atoms with van der Waals surface area (Å²) in [5.74, 6) is -0.126. The fourth-order valence-electron chi connectivity index (χ4n) is 3.78. The van der Waals surface area contributed by atoms with Crippen LogP contribution in [0.15, 0.2) is 99.8 Å². The van der Waals surface area contributed by atoms with Crippen molar-refractivity contribution in [3.63, 3.8) is 0 Å². The summed E-state index contributed by atoms with van der Waals surface area (Å²) in [6.45, 7) is 3.54. The third kappa shape index (κ3) is 5.65. The number of hydrogen-bond donors (Lipinski definition) is 3. The summed E-state index contributed by atoms with van der Waals surface area (Å²) in [6.07, 6.45) is 2.97. The molecule has 2 heterocycles. The number of aryl methyl sites for hydroxylation is 2. The predicted octanol–water partition coefficient (Wildman–Crippen LogP) is 5.91. The number of ketones is 1. The Labute approximate surface area is 219 Å². The van der Waals surface area contributed by atoms with Gasteiger partial charge >= 0.3 is 0 Å². The van der Waals surface area contributed by atoms with Crippen LogP contribution in [-0.4, -0.2) is 24.2 Å². The van der Waals surface area contributed by atoms with Gasteiger partial charge in [0.2, 0.25) is 5.95 Å². The number of fused-ring (bicyclic) bond motifs is 2. The van der Waals surface area contributed by atoms with E-state index in [1.54, 1.807) is 49.9 Å². The molecule has 0 bridgehead atoms. The van der Waals surface area contributed by atoms with Gasteiger partial charge in [-0.05, 0) is 74.5 Å². The number of sulfonamides is 1. The topological polar surface area (TPSA) is 113 Å². The molecule has 1 aliphatic rings. The summed E-state index contributed by atoms with van der Waals surface area (Å²) in [6, 6.07) is 21.5. The summed E-state index contributed by atoms with van der Waals surface area (Å²) in [5.41, 5.74) is 4.44. The van der Waals surface area contributed by atoms with E-state index < -0.39 is 10.0 Å². The zero-order valence-corrected chi connectivity index (χ0v) is 21.7. The molecule has 0 atom stereocenters. The van der Waals surface area contributed by atoms with Crippen molar-refractivity contribution in [2.75, 3.05) is 15.4 Å². The summed E-state index contributed by atoms with van der Waals surface area (Å²) >= 11 is 1.66. The average Bonchev–Trinajstić information content (AvgIpc) is 2.86. The number of rotatable bonds is 7. The van der Waals surface area contributed by atoms with E-state index in [2.05, 4.69) is 31.4 Å². The fraction of sp³-hybridized carbons (Fsp3) is 0.0741. The smallest absolute Gasteiger partial charge is 0.264 e. The number of nitrogens with zero attached hydrogens (tertiary/aromatic N) is 2. The van der Waals surface area contributed by atoms with Gasteiger partial charge in [0.15, 0.2) is 5.78 Å². The lowest BCUT2D eigenvalue weighted by Gasteiger charge is -2.20. The molecule has 0 saturated carbocycles. The SMILES string of the molecule is Cc1cc(C)nc(NS(=O)(=O)c2ccc(N/C=C\C(=O)c3ccc4c(c3)Nc3ccccc3S4)cc2)n1. The summed E-state index contributed by atoms with van der Waals surface area (Å²) in [7, 11) is -3.84. The van der Waals surface area contributed by atoms with E-state index in [4.69, 9.17) is 0 Å². The molecule has 0 fully saturated rings. The largest absolute Gasteiger partial charge is 0.362 e. The molecule has 1 aliphatic heterocycles. The third-order valence-corrected chi connectivity index (χ3v) is 7.99. The molecule has 186 valence electrons. The van der Waals surface area contributed by atoms with Gasteiger partial charge in [0, 0.05) is 44.7 Å². The molecular formula is C27H23N5O3S2. The number of benzene rings is 3. The molecule has 10 heteroatoms. The molecule has 0 amide bonds. The van der Waals surface area contributed by atoms with Gasteiger partial charge in [-0.1, -0.05) is 23.9 Å². The highest BCUT2D eigenvalue weighted by molar-refractivity contribution is 7.99. The average molecular weight is 530 g/mol. The molecule has 0 spiro atoms. The van der Waals surface area contributed by atoms with Crippen LogP contribution in [0.4, 0.5) is 23.0 Å². The van der Waals surface area contributed by atoms with E-state index in [0.29, 0.717) is 22.6 Å². The summed E-state index contributed by atoms with van der Waals surface area (Å²) < 4.78 is 27.8. The first-order chi connectivity index (χ1) is 17.8. The van der Waals surface area contributed by atoms with Crippen molar-refractivity contribution in [2.24, 2.45) is 0 Å². The van der Waals surface area contributed by atoms with Crippen molar-refractivity contribution in [1.82, 2.24) is 9.97 Å². The molecule has 0 radical (unpaired) electrons. The highest BCUT2D eigenvalue weighted by atomic mass is 32.2. The predicted molar refractivity (Wildman–Crippen MR) is 146 cm³/mol. The maximum atomic E-state index is 12.7. The molecule has 0 aliphatic carbocycles. The van der Waals surface area contributed by atoms with E-state index in [0.717, 1.165) is 21.2 Å². The number of carbonyl (C=O) groups is 1. The van der Waals surface area contributed by atoms with Crippen LogP contribution in [0.25, 0.3) is 0 Å². The molecule has 8 nitrogen and oxygen atoms in total. The molecule has 0 saturated heterocycles. The van der Waals surface area contributed by atoms with Gasteiger partial charge in [0.1, 0.15) is 0 Å². The van der Waals surface area contributed by atoms with Gasteiger partial charge in [-0.25, -0.2) is 23.1 Å². The maximum absolute atomic E-state index is 12.7. The van der Waals surface area contributed by atoms with Crippen LogP contribution in [0.1, 0.15) is 21.7 Å². The minimum absolute atomic E-state index is 0.0290. The minimum atomic E-state index is -3.84. The second-order valence-corrected chi connectivity index (χ2v) is 11.1. The second kappa shape index (κ2) is 10.1. The van der Waals surface area contributed by atoms with Gasteiger partial charge in [-0.3, -0.25) is 4.79 Å². The zero-order chi connectivity index (χ0) is 26.0. The van der Waals surface area contributed by atoms with E-state index in [9.17, 15) is 13.2 Å². The van der Waals surface area contributed by atoms with Gasteiger partial charge < -0.3 is 10.6 Å². The normalized spacial score (nSPS) is 12.4. The third-order valence-electron chi connectivity index (χ3n) is 5.50. The van der Waals surface area contributed by atoms with Crippen LogP contribution in [0.3, 0.4) is 0 Å². The van der Waals surface area contributed by atoms with Crippen molar-refractivity contribution in [3.8, 4) is 0 Å². The Morgan fingerprint density at radius 2 is 1.59 bits per heavy atom. The molecule has 4 aromatic rings. The first kappa shape index (κ1) is 24.5. The maximum Gasteiger partial charge on any atom is 0.264 e. The first-order valence-electron chi connectivity index (χ1n) is 11.4. The highest BCUT2D eigenvalue weighted by Gasteiger charge is 2.17. The van der Waals surface area contributed by atoms with Crippen LogP contribution < -0.4 is 15.4 Å². The van der Waals surface area contributed by atoms with Crippen LogP contribution >= 0.6 is 11.8 Å². The zero-order valence-electron chi connectivity index (χ0n) is 20.0. The Hall–Kier alpha value is -4.15. The number of para-hydroxylation sites is 1. The lowest BCUT2D eigenvalue weighted by atomic mass is 10.1. The van der Waals surface area contributed by atoms with E-state index in [1.807, 2.05) is 30.3 Å². The lowest BCUT2D eigenvalue weighted by molar-refractivity contribution is 0.104. The Morgan fingerprint density at radius 3 is 2.35 bits per heavy atom. The van der Waals surface area contributed by atoms with E-state index >= 15 is 0 Å². The van der Waals surface area contributed by atoms with E-state index in [1.165, 1.54) is 24.4 Å².